The molecule has 1 aliphatic rings. The average Bonchev–Trinajstić information content (AvgIpc) is 2.68. The van der Waals surface area contributed by atoms with Crippen LogP contribution in [0.2, 0.25) is 0 Å². The maximum Gasteiger partial charge on any atom is 0.223 e. The number of hydrogen-bond donors (Lipinski definition) is 0. The highest BCUT2D eigenvalue weighted by atomic mass is 32.2. The highest BCUT2D eigenvalue weighted by Gasteiger charge is 2.29. The molecule has 1 saturated heterocycles. The first-order chi connectivity index (χ1) is 9.04. The minimum absolute atomic E-state index is 0.117. The second kappa shape index (κ2) is 6.19. The van der Waals surface area contributed by atoms with Crippen LogP contribution in [0.5, 0.6) is 0 Å². The average molecular weight is 278 g/mol. The summed E-state index contributed by atoms with van der Waals surface area (Å²) in [5.41, 5.74) is 2.08. The van der Waals surface area contributed by atoms with Gasteiger partial charge in [0.05, 0.1) is 12.2 Å². The van der Waals surface area contributed by atoms with Gasteiger partial charge in [-0.25, -0.2) is 0 Å². The zero-order valence-electron chi connectivity index (χ0n) is 11.3. The second-order valence-electron chi connectivity index (χ2n) is 4.97. The van der Waals surface area contributed by atoms with E-state index in [4.69, 9.17) is 0 Å². The van der Waals surface area contributed by atoms with Crippen molar-refractivity contribution in [3.8, 4) is 0 Å². The van der Waals surface area contributed by atoms with Gasteiger partial charge in [-0.1, -0.05) is 11.8 Å². The summed E-state index contributed by atoms with van der Waals surface area (Å²) in [7, 11) is 0. The number of likely N-dealkylation sites (tertiary alicyclic amines) is 1. The van der Waals surface area contributed by atoms with Crippen molar-refractivity contribution in [3.05, 3.63) is 29.6 Å². The summed E-state index contributed by atoms with van der Waals surface area (Å²) in [6, 6.07) is 3.95. The Bertz CT molecular complexity index is 490. The third kappa shape index (κ3) is 4.06. The van der Waals surface area contributed by atoms with Gasteiger partial charge in [0, 0.05) is 31.8 Å². The number of aryl methyl sites for hydroxylation is 1. The van der Waals surface area contributed by atoms with Crippen LogP contribution >= 0.6 is 11.8 Å². The fourth-order valence-corrected chi connectivity index (χ4v) is 2.93. The number of thioether (sulfide) groups is 1. The van der Waals surface area contributed by atoms with Gasteiger partial charge in [0.15, 0.2) is 5.12 Å². The van der Waals surface area contributed by atoms with Crippen molar-refractivity contribution in [3.63, 3.8) is 0 Å². The first kappa shape index (κ1) is 14.1. The Labute approximate surface area is 117 Å². The number of hydrogen-bond acceptors (Lipinski definition) is 4. The minimum Gasteiger partial charge on any atom is -0.336 e. The van der Waals surface area contributed by atoms with Crippen molar-refractivity contribution in [2.75, 3.05) is 12.3 Å². The predicted octanol–water partition coefficient (Wildman–Crippen LogP) is 2.02. The number of aromatic nitrogens is 1. The Morgan fingerprint density at radius 1 is 1.58 bits per heavy atom. The van der Waals surface area contributed by atoms with Gasteiger partial charge in [-0.15, -0.1) is 0 Å². The van der Waals surface area contributed by atoms with E-state index < -0.39 is 0 Å². The molecule has 0 spiro atoms. The number of amides is 1. The molecule has 1 atom stereocenters. The van der Waals surface area contributed by atoms with Crippen LogP contribution in [0.4, 0.5) is 0 Å². The van der Waals surface area contributed by atoms with Gasteiger partial charge in [0.25, 0.3) is 0 Å². The highest BCUT2D eigenvalue weighted by molar-refractivity contribution is 8.13. The summed E-state index contributed by atoms with van der Waals surface area (Å²) in [5, 5.41) is 0.117. The Hall–Kier alpha value is -1.36. The maximum absolute atomic E-state index is 11.9. The molecule has 4 nitrogen and oxygen atoms in total. The molecule has 0 radical (unpaired) electrons. The molecular weight excluding hydrogens is 260 g/mol. The molecule has 0 N–H and O–H groups in total. The molecule has 19 heavy (non-hydrogen) atoms. The van der Waals surface area contributed by atoms with E-state index in [-0.39, 0.29) is 16.9 Å². The number of carbonyl (C=O) groups is 2. The SMILES string of the molecule is CC(=O)SCC1CC(=O)N(Cc2cc(C)ccn2)C1. The lowest BCUT2D eigenvalue weighted by atomic mass is 10.1. The largest absolute Gasteiger partial charge is 0.336 e. The van der Waals surface area contributed by atoms with E-state index in [0.717, 1.165) is 23.6 Å². The molecule has 1 aromatic rings. The fraction of sp³-hybridized carbons (Fsp3) is 0.500. The topological polar surface area (TPSA) is 50.3 Å². The lowest BCUT2D eigenvalue weighted by molar-refractivity contribution is -0.128. The van der Waals surface area contributed by atoms with Crippen LogP contribution in [0.1, 0.15) is 24.6 Å². The molecule has 0 aromatic carbocycles. The van der Waals surface area contributed by atoms with Crippen molar-refractivity contribution in [1.29, 1.82) is 0 Å². The summed E-state index contributed by atoms with van der Waals surface area (Å²) in [6.07, 6.45) is 2.32. The summed E-state index contributed by atoms with van der Waals surface area (Å²) in [5.74, 6) is 1.18. The highest BCUT2D eigenvalue weighted by Crippen LogP contribution is 2.23. The van der Waals surface area contributed by atoms with E-state index in [0.29, 0.717) is 13.0 Å². The second-order valence-corrected chi connectivity index (χ2v) is 6.17. The summed E-state index contributed by atoms with van der Waals surface area (Å²) < 4.78 is 0. The van der Waals surface area contributed by atoms with Crippen LogP contribution < -0.4 is 0 Å². The first-order valence-electron chi connectivity index (χ1n) is 6.37. The van der Waals surface area contributed by atoms with Crippen molar-refractivity contribution in [1.82, 2.24) is 9.88 Å². The lowest BCUT2D eigenvalue weighted by Gasteiger charge is -2.16. The third-order valence-electron chi connectivity index (χ3n) is 3.14. The molecule has 1 unspecified atom stereocenters. The maximum atomic E-state index is 11.9. The summed E-state index contributed by atoms with van der Waals surface area (Å²) in [4.78, 5) is 29.0. The van der Waals surface area contributed by atoms with Gasteiger partial charge < -0.3 is 4.90 Å². The van der Waals surface area contributed by atoms with Gasteiger partial charge in [-0.3, -0.25) is 14.6 Å². The van der Waals surface area contributed by atoms with E-state index in [1.165, 1.54) is 11.8 Å². The van der Waals surface area contributed by atoms with E-state index in [1.54, 1.807) is 13.1 Å². The van der Waals surface area contributed by atoms with Gasteiger partial charge in [-0.2, -0.15) is 0 Å². The fourth-order valence-electron chi connectivity index (χ4n) is 2.23. The quantitative estimate of drug-likeness (QED) is 0.845. The normalized spacial score (nSPS) is 18.9. The van der Waals surface area contributed by atoms with Crippen LogP contribution in [-0.2, 0) is 16.1 Å². The standard InChI is InChI=1S/C14H18N2O2S/c1-10-3-4-15-13(5-10)8-16-7-12(6-14(16)18)9-19-11(2)17/h3-5,12H,6-9H2,1-2H3. The zero-order chi connectivity index (χ0) is 13.8. The molecule has 5 heteroatoms. The molecule has 1 amide bonds. The van der Waals surface area contributed by atoms with E-state index in [9.17, 15) is 9.59 Å². The Balaban J connectivity index is 1.91. The van der Waals surface area contributed by atoms with E-state index in [2.05, 4.69) is 4.98 Å². The zero-order valence-corrected chi connectivity index (χ0v) is 12.1. The number of rotatable bonds is 4. The van der Waals surface area contributed by atoms with Gasteiger partial charge >= 0.3 is 0 Å². The van der Waals surface area contributed by atoms with Crippen LogP contribution in [0.3, 0.4) is 0 Å². The van der Waals surface area contributed by atoms with Crippen molar-refractivity contribution in [2.24, 2.45) is 5.92 Å². The Kier molecular flexibility index (Phi) is 4.58. The summed E-state index contributed by atoms with van der Waals surface area (Å²) in [6.45, 7) is 4.88. The number of pyridine rings is 1. The summed E-state index contributed by atoms with van der Waals surface area (Å²) >= 11 is 1.31. The monoisotopic (exact) mass is 278 g/mol. The van der Waals surface area contributed by atoms with Crippen LogP contribution in [0.25, 0.3) is 0 Å². The molecule has 2 heterocycles. The molecule has 102 valence electrons. The molecule has 2 rings (SSSR count). The Morgan fingerprint density at radius 2 is 2.37 bits per heavy atom. The van der Waals surface area contributed by atoms with E-state index >= 15 is 0 Å². The van der Waals surface area contributed by atoms with Crippen molar-refractivity contribution < 1.29 is 9.59 Å². The first-order valence-corrected chi connectivity index (χ1v) is 7.36. The number of carbonyl (C=O) groups excluding carboxylic acids is 2. The molecule has 1 fully saturated rings. The predicted molar refractivity (Wildman–Crippen MR) is 75.6 cm³/mol. The van der Waals surface area contributed by atoms with E-state index in [1.807, 2.05) is 24.0 Å². The molecular formula is C14H18N2O2S. The van der Waals surface area contributed by atoms with Gasteiger partial charge in [0.1, 0.15) is 0 Å². The van der Waals surface area contributed by atoms with Crippen LogP contribution in [0.15, 0.2) is 18.3 Å². The third-order valence-corrected chi connectivity index (χ3v) is 4.19. The van der Waals surface area contributed by atoms with Crippen LogP contribution in [-0.4, -0.2) is 33.2 Å². The van der Waals surface area contributed by atoms with Crippen molar-refractivity contribution in [2.45, 2.75) is 26.8 Å². The molecule has 0 bridgehead atoms. The molecule has 0 aliphatic carbocycles. The smallest absolute Gasteiger partial charge is 0.223 e. The molecule has 1 aliphatic heterocycles. The Morgan fingerprint density at radius 3 is 3.05 bits per heavy atom. The lowest BCUT2D eigenvalue weighted by Crippen LogP contribution is -2.25. The number of nitrogens with zero attached hydrogens (tertiary/aromatic N) is 2. The molecule has 0 saturated carbocycles. The minimum atomic E-state index is 0.117. The van der Waals surface area contributed by atoms with Crippen molar-refractivity contribution >= 4 is 22.8 Å². The van der Waals surface area contributed by atoms with Crippen LogP contribution in [0, 0.1) is 12.8 Å². The van der Waals surface area contributed by atoms with Gasteiger partial charge in [-0.05, 0) is 30.5 Å². The molecule has 1 aromatic heterocycles. The van der Waals surface area contributed by atoms with Gasteiger partial charge in [0.2, 0.25) is 5.91 Å².